The molecule has 1 aromatic carbocycles. The van der Waals surface area contributed by atoms with Crippen LogP contribution in [0.5, 0.6) is 0 Å². The lowest BCUT2D eigenvalue weighted by atomic mass is 10.0. The lowest BCUT2D eigenvalue weighted by molar-refractivity contribution is -0.126. The predicted octanol–water partition coefficient (Wildman–Crippen LogP) is 1.61. The zero-order valence-corrected chi connectivity index (χ0v) is 16.4. The van der Waals surface area contributed by atoms with Crippen LogP contribution in [0.1, 0.15) is 39.7 Å². The Morgan fingerprint density at radius 1 is 0.926 bits per heavy atom. The van der Waals surface area contributed by atoms with Crippen molar-refractivity contribution in [1.29, 1.82) is 0 Å². The zero-order valence-electron chi connectivity index (χ0n) is 16.4. The molecule has 3 N–H and O–H groups in total. The van der Waals surface area contributed by atoms with Gasteiger partial charge in [0.2, 0.25) is 5.91 Å². The van der Waals surface area contributed by atoms with E-state index in [4.69, 9.17) is 0 Å². The maximum atomic E-state index is 12.5. The molecule has 0 aliphatic heterocycles. The largest absolute Gasteiger partial charge is 0.346 e. The summed E-state index contributed by atoms with van der Waals surface area (Å²) in [5.41, 5.74) is 0.905. The van der Waals surface area contributed by atoms with Gasteiger partial charge in [0, 0.05) is 6.92 Å². The normalized spacial score (nSPS) is 12.8. The van der Waals surface area contributed by atoms with Crippen LogP contribution in [0.15, 0.2) is 30.3 Å². The molecule has 0 heterocycles. The van der Waals surface area contributed by atoms with Crippen LogP contribution in [0.25, 0.3) is 0 Å². The van der Waals surface area contributed by atoms with Gasteiger partial charge in [-0.1, -0.05) is 44.2 Å². The summed E-state index contributed by atoms with van der Waals surface area (Å²) in [5.74, 6) is -0.518. The highest BCUT2D eigenvalue weighted by Gasteiger charge is 2.22. The standard InChI is InChI=1S/C20H29N3O4/c1-13(2)10-17(14(3)24)23-20(27)21-12-19(26)18(22-15(4)25)11-16-8-6-5-7-9-16/h5-9,13,17-18H,10-12H2,1-4H3,(H,22,25)(H2,21,23,27). The predicted molar refractivity (Wildman–Crippen MR) is 103 cm³/mol. The van der Waals surface area contributed by atoms with E-state index in [1.807, 2.05) is 44.2 Å². The Hall–Kier alpha value is -2.70. The number of amides is 3. The number of ketones is 2. The molecular weight excluding hydrogens is 346 g/mol. The Labute approximate surface area is 160 Å². The first-order valence-electron chi connectivity index (χ1n) is 9.07. The van der Waals surface area contributed by atoms with Crippen LogP contribution in [0, 0.1) is 5.92 Å². The Balaban J connectivity index is 2.62. The molecule has 0 spiro atoms. The molecule has 1 aromatic rings. The lowest BCUT2D eigenvalue weighted by Gasteiger charge is -2.20. The Morgan fingerprint density at radius 3 is 2.07 bits per heavy atom. The first kappa shape index (κ1) is 22.3. The molecule has 3 amide bonds. The first-order chi connectivity index (χ1) is 12.7. The summed E-state index contributed by atoms with van der Waals surface area (Å²) in [6, 6.07) is 7.41. The molecule has 0 bridgehead atoms. The van der Waals surface area contributed by atoms with Gasteiger partial charge in [-0.3, -0.25) is 14.4 Å². The van der Waals surface area contributed by atoms with Crippen molar-refractivity contribution >= 4 is 23.5 Å². The van der Waals surface area contributed by atoms with Crippen molar-refractivity contribution in [2.45, 2.75) is 52.6 Å². The van der Waals surface area contributed by atoms with Crippen molar-refractivity contribution in [2.24, 2.45) is 5.92 Å². The maximum absolute atomic E-state index is 12.5. The summed E-state index contributed by atoms with van der Waals surface area (Å²) in [6.45, 7) is 6.44. The van der Waals surface area contributed by atoms with Crippen LogP contribution in [0.2, 0.25) is 0 Å². The monoisotopic (exact) mass is 375 g/mol. The Morgan fingerprint density at radius 2 is 1.56 bits per heavy atom. The molecule has 0 aromatic heterocycles. The number of benzene rings is 1. The number of carbonyl (C=O) groups excluding carboxylic acids is 4. The average molecular weight is 375 g/mol. The topological polar surface area (TPSA) is 104 Å². The van der Waals surface area contributed by atoms with E-state index in [9.17, 15) is 19.2 Å². The Kier molecular flexibility index (Phi) is 9.19. The molecule has 0 aliphatic rings. The fraction of sp³-hybridized carbons (Fsp3) is 0.500. The zero-order chi connectivity index (χ0) is 20.4. The Bertz CT molecular complexity index is 658. The van der Waals surface area contributed by atoms with Crippen molar-refractivity contribution < 1.29 is 19.2 Å². The number of rotatable bonds is 10. The number of carbonyl (C=O) groups is 4. The van der Waals surface area contributed by atoms with Gasteiger partial charge in [0.15, 0.2) is 11.6 Å². The van der Waals surface area contributed by atoms with Crippen LogP contribution < -0.4 is 16.0 Å². The van der Waals surface area contributed by atoms with Crippen molar-refractivity contribution in [3.8, 4) is 0 Å². The minimum Gasteiger partial charge on any atom is -0.346 e. The van der Waals surface area contributed by atoms with E-state index < -0.39 is 18.1 Å². The van der Waals surface area contributed by atoms with Crippen LogP contribution in [-0.4, -0.2) is 42.1 Å². The summed E-state index contributed by atoms with van der Waals surface area (Å²) in [5, 5.41) is 7.69. The molecule has 0 saturated heterocycles. The van der Waals surface area contributed by atoms with Crippen molar-refractivity contribution in [1.82, 2.24) is 16.0 Å². The lowest BCUT2D eigenvalue weighted by Crippen LogP contribution is -2.50. The van der Waals surface area contributed by atoms with Crippen LogP contribution in [0.4, 0.5) is 4.79 Å². The number of urea groups is 1. The van der Waals surface area contributed by atoms with Crippen LogP contribution >= 0.6 is 0 Å². The van der Waals surface area contributed by atoms with Gasteiger partial charge in [-0.05, 0) is 31.2 Å². The van der Waals surface area contributed by atoms with Gasteiger partial charge in [0.25, 0.3) is 0 Å². The second kappa shape index (κ2) is 11.1. The second-order valence-corrected chi connectivity index (χ2v) is 7.03. The summed E-state index contributed by atoms with van der Waals surface area (Å²) in [4.78, 5) is 47.5. The molecule has 0 fully saturated rings. The van der Waals surface area contributed by atoms with Crippen molar-refractivity contribution in [3.63, 3.8) is 0 Å². The van der Waals surface area contributed by atoms with Gasteiger partial charge >= 0.3 is 6.03 Å². The molecule has 0 radical (unpaired) electrons. The quantitative estimate of drug-likeness (QED) is 0.578. The minimum absolute atomic E-state index is 0.134. The second-order valence-electron chi connectivity index (χ2n) is 7.03. The molecule has 2 atom stereocenters. The molecule has 7 nitrogen and oxygen atoms in total. The summed E-state index contributed by atoms with van der Waals surface area (Å²) in [6.07, 6.45) is 0.866. The summed E-state index contributed by atoms with van der Waals surface area (Å²) >= 11 is 0. The minimum atomic E-state index is -0.732. The molecule has 0 aliphatic carbocycles. The highest BCUT2D eigenvalue weighted by Crippen LogP contribution is 2.06. The molecule has 2 unspecified atom stereocenters. The van der Waals surface area contributed by atoms with Gasteiger partial charge in [0.05, 0.1) is 18.6 Å². The number of Topliss-reactive ketones (excluding diaryl/α,β-unsaturated/α-hetero) is 2. The number of hydrogen-bond acceptors (Lipinski definition) is 4. The average Bonchev–Trinajstić information content (AvgIpc) is 2.58. The highest BCUT2D eigenvalue weighted by molar-refractivity contribution is 5.93. The fourth-order valence-corrected chi connectivity index (χ4v) is 2.64. The van der Waals surface area contributed by atoms with E-state index in [1.54, 1.807) is 0 Å². The van der Waals surface area contributed by atoms with Crippen LogP contribution in [-0.2, 0) is 20.8 Å². The van der Waals surface area contributed by atoms with Crippen LogP contribution in [0.3, 0.4) is 0 Å². The molecule has 0 saturated carbocycles. The van der Waals surface area contributed by atoms with E-state index in [1.165, 1.54) is 13.8 Å². The van der Waals surface area contributed by atoms with E-state index in [-0.39, 0.29) is 29.9 Å². The SMILES string of the molecule is CC(=O)NC(Cc1ccccc1)C(=O)CNC(=O)NC(CC(C)C)C(C)=O. The molecule has 27 heavy (non-hydrogen) atoms. The third-order valence-electron chi connectivity index (χ3n) is 3.98. The third-order valence-corrected chi connectivity index (χ3v) is 3.98. The van der Waals surface area contributed by atoms with E-state index in [0.29, 0.717) is 12.8 Å². The van der Waals surface area contributed by atoms with E-state index in [0.717, 1.165) is 5.56 Å². The van der Waals surface area contributed by atoms with Gasteiger partial charge in [0.1, 0.15) is 0 Å². The van der Waals surface area contributed by atoms with E-state index >= 15 is 0 Å². The maximum Gasteiger partial charge on any atom is 0.315 e. The summed E-state index contributed by atoms with van der Waals surface area (Å²) in [7, 11) is 0. The van der Waals surface area contributed by atoms with Gasteiger partial charge in [-0.25, -0.2) is 4.79 Å². The molecular formula is C20H29N3O4. The fourth-order valence-electron chi connectivity index (χ4n) is 2.64. The highest BCUT2D eigenvalue weighted by atomic mass is 16.2. The van der Waals surface area contributed by atoms with Gasteiger partial charge in [-0.15, -0.1) is 0 Å². The van der Waals surface area contributed by atoms with Gasteiger partial charge < -0.3 is 16.0 Å². The first-order valence-corrected chi connectivity index (χ1v) is 9.07. The number of nitrogens with one attached hydrogen (secondary N) is 3. The number of hydrogen-bond donors (Lipinski definition) is 3. The third kappa shape index (κ3) is 8.99. The van der Waals surface area contributed by atoms with Crippen molar-refractivity contribution in [2.75, 3.05) is 6.54 Å². The van der Waals surface area contributed by atoms with E-state index in [2.05, 4.69) is 16.0 Å². The smallest absolute Gasteiger partial charge is 0.315 e. The van der Waals surface area contributed by atoms with Gasteiger partial charge in [-0.2, -0.15) is 0 Å². The summed E-state index contributed by atoms with van der Waals surface area (Å²) < 4.78 is 0. The molecule has 7 heteroatoms. The molecule has 148 valence electrons. The molecule has 1 rings (SSSR count). The van der Waals surface area contributed by atoms with Crippen molar-refractivity contribution in [3.05, 3.63) is 35.9 Å².